The van der Waals surface area contributed by atoms with E-state index in [1.54, 1.807) is 11.3 Å². The van der Waals surface area contributed by atoms with Gasteiger partial charge in [0.05, 0.1) is 4.34 Å². The van der Waals surface area contributed by atoms with E-state index in [1.807, 2.05) is 6.07 Å². The molecule has 0 bridgehead atoms. The van der Waals surface area contributed by atoms with Crippen molar-refractivity contribution in [2.24, 2.45) is 23.5 Å². The lowest BCUT2D eigenvalue weighted by Crippen LogP contribution is -2.19. The van der Waals surface area contributed by atoms with Crippen molar-refractivity contribution in [3.63, 3.8) is 0 Å². The predicted octanol–water partition coefficient (Wildman–Crippen LogP) is 3.45. The van der Waals surface area contributed by atoms with Gasteiger partial charge < -0.3 is 5.73 Å². The summed E-state index contributed by atoms with van der Waals surface area (Å²) in [6, 6.07) is 4.28. The molecular formula is C11H14ClNS. The summed E-state index contributed by atoms with van der Waals surface area (Å²) in [4.78, 5) is 1.27. The van der Waals surface area contributed by atoms with Crippen LogP contribution in [0.3, 0.4) is 0 Å². The molecule has 3 atom stereocenters. The van der Waals surface area contributed by atoms with E-state index in [-0.39, 0.29) is 6.04 Å². The minimum Gasteiger partial charge on any atom is -0.323 e. The summed E-state index contributed by atoms with van der Waals surface area (Å²) in [5.74, 6) is 2.75. The molecule has 0 aliphatic heterocycles. The number of fused-ring (bicyclic) bond motifs is 1. The molecule has 2 fully saturated rings. The first kappa shape index (κ1) is 9.20. The molecule has 76 valence electrons. The summed E-state index contributed by atoms with van der Waals surface area (Å²) < 4.78 is 0.860. The van der Waals surface area contributed by atoms with E-state index in [9.17, 15) is 0 Å². The predicted molar refractivity (Wildman–Crippen MR) is 60.6 cm³/mol. The molecule has 0 spiro atoms. The normalized spacial score (nSPS) is 36.9. The monoisotopic (exact) mass is 227 g/mol. The van der Waals surface area contributed by atoms with Crippen LogP contribution in [0.2, 0.25) is 4.34 Å². The molecule has 0 saturated heterocycles. The topological polar surface area (TPSA) is 26.0 Å². The zero-order valence-corrected chi connectivity index (χ0v) is 9.52. The molecule has 3 heteroatoms. The Morgan fingerprint density at radius 3 is 2.57 bits per heavy atom. The number of halogens is 1. The summed E-state index contributed by atoms with van der Waals surface area (Å²) in [6.07, 6.45) is 4.16. The third kappa shape index (κ3) is 1.50. The Morgan fingerprint density at radius 2 is 2.00 bits per heavy atom. The minimum atomic E-state index is 0.236. The van der Waals surface area contributed by atoms with E-state index in [0.717, 1.165) is 16.2 Å². The standard InChI is InChI=1S/C11H14ClNS/c12-10-2-1-9(14-10)11(13)8-4-6-3-7(6)5-8/h1-2,6-8,11H,3-5,13H2. The maximum Gasteiger partial charge on any atom is 0.0931 e. The van der Waals surface area contributed by atoms with Crippen molar-refractivity contribution >= 4 is 22.9 Å². The number of rotatable bonds is 2. The van der Waals surface area contributed by atoms with Gasteiger partial charge >= 0.3 is 0 Å². The number of hydrogen-bond donors (Lipinski definition) is 1. The average molecular weight is 228 g/mol. The lowest BCUT2D eigenvalue weighted by atomic mass is 9.94. The molecule has 0 radical (unpaired) electrons. The molecular weight excluding hydrogens is 214 g/mol. The van der Waals surface area contributed by atoms with Crippen molar-refractivity contribution in [2.45, 2.75) is 25.3 Å². The highest BCUT2D eigenvalue weighted by Crippen LogP contribution is 2.57. The van der Waals surface area contributed by atoms with E-state index in [2.05, 4.69) is 6.07 Å². The third-order valence-corrected chi connectivity index (χ3v) is 5.04. The second-order valence-corrected chi connectivity index (χ2v) is 6.40. The summed E-state index contributed by atoms with van der Waals surface area (Å²) >= 11 is 7.55. The van der Waals surface area contributed by atoms with Gasteiger partial charge in [0.25, 0.3) is 0 Å². The SMILES string of the molecule is NC(c1ccc(Cl)s1)C1CC2CC2C1. The van der Waals surface area contributed by atoms with Crippen LogP contribution in [0.15, 0.2) is 12.1 Å². The second-order valence-electron chi connectivity index (χ2n) is 4.66. The lowest BCUT2D eigenvalue weighted by Gasteiger charge is -2.18. The zero-order chi connectivity index (χ0) is 9.71. The largest absolute Gasteiger partial charge is 0.323 e. The van der Waals surface area contributed by atoms with Gasteiger partial charge in [-0.2, -0.15) is 0 Å². The van der Waals surface area contributed by atoms with Crippen molar-refractivity contribution in [1.82, 2.24) is 0 Å². The van der Waals surface area contributed by atoms with Crippen molar-refractivity contribution in [3.8, 4) is 0 Å². The smallest absolute Gasteiger partial charge is 0.0931 e. The summed E-state index contributed by atoms with van der Waals surface area (Å²) in [6.45, 7) is 0. The van der Waals surface area contributed by atoms with Crippen molar-refractivity contribution in [3.05, 3.63) is 21.3 Å². The first-order valence-electron chi connectivity index (χ1n) is 5.25. The van der Waals surface area contributed by atoms with Crippen molar-refractivity contribution < 1.29 is 0 Å². The van der Waals surface area contributed by atoms with Crippen molar-refractivity contribution in [1.29, 1.82) is 0 Å². The van der Waals surface area contributed by atoms with Gasteiger partial charge in [0, 0.05) is 10.9 Å². The zero-order valence-electron chi connectivity index (χ0n) is 7.95. The fourth-order valence-corrected chi connectivity index (χ4v) is 3.95. The van der Waals surface area contributed by atoms with Gasteiger partial charge in [-0.25, -0.2) is 0 Å². The number of hydrogen-bond acceptors (Lipinski definition) is 2. The highest BCUT2D eigenvalue weighted by molar-refractivity contribution is 7.16. The summed E-state index contributed by atoms with van der Waals surface area (Å²) in [5, 5.41) is 0. The molecule has 1 aromatic heterocycles. The van der Waals surface area contributed by atoms with Crippen LogP contribution in [-0.4, -0.2) is 0 Å². The molecule has 2 N–H and O–H groups in total. The van der Waals surface area contributed by atoms with E-state index in [4.69, 9.17) is 17.3 Å². The Labute approximate surface area is 93.3 Å². The van der Waals surface area contributed by atoms with Gasteiger partial charge in [-0.05, 0) is 49.1 Å². The molecule has 0 amide bonds. The lowest BCUT2D eigenvalue weighted by molar-refractivity contribution is 0.408. The van der Waals surface area contributed by atoms with Crippen LogP contribution in [0, 0.1) is 17.8 Å². The number of nitrogens with two attached hydrogens (primary N) is 1. The average Bonchev–Trinajstić information content (AvgIpc) is 2.64. The number of thiophene rings is 1. The van der Waals surface area contributed by atoms with E-state index < -0.39 is 0 Å². The van der Waals surface area contributed by atoms with Gasteiger partial charge in [0.2, 0.25) is 0 Å². The highest BCUT2D eigenvalue weighted by atomic mass is 35.5. The van der Waals surface area contributed by atoms with Crippen LogP contribution in [0.25, 0.3) is 0 Å². The molecule has 2 aliphatic rings. The molecule has 2 saturated carbocycles. The van der Waals surface area contributed by atoms with Crippen LogP contribution in [-0.2, 0) is 0 Å². The highest BCUT2D eigenvalue weighted by Gasteiger charge is 2.47. The van der Waals surface area contributed by atoms with Gasteiger partial charge in [-0.15, -0.1) is 11.3 Å². The minimum absolute atomic E-state index is 0.236. The van der Waals surface area contributed by atoms with E-state index in [0.29, 0.717) is 5.92 Å². The molecule has 3 unspecified atom stereocenters. The molecule has 1 nitrogen and oxygen atoms in total. The Morgan fingerprint density at radius 1 is 1.29 bits per heavy atom. The summed E-state index contributed by atoms with van der Waals surface area (Å²) in [5.41, 5.74) is 6.25. The Bertz CT molecular complexity index is 339. The van der Waals surface area contributed by atoms with Crippen LogP contribution in [0.5, 0.6) is 0 Å². The van der Waals surface area contributed by atoms with Gasteiger partial charge in [0.15, 0.2) is 0 Å². The van der Waals surface area contributed by atoms with Crippen LogP contribution < -0.4 is 5.73 Å². The fourth-order valence-electron chi connectivity index (χ4n) is 2.79. The molecule has 1 heterocycles. The third-order valence-electron chi connectivity index (χ3n) is 3.71. The second kappa shape index (κ2) is 3.22. The first-order valence-corrected chi connectivity index (χ1v) is 6.44. The van der Waals surface area contributed by atoms with Crippen LogP contribution in [0.4, 0.5) is 0 Å². The molecule has 0 aromatic carbocycles. The maximum atomic E-state index is 6.25. The van der Waals surface area contributed by atoms with Crippen LogP contribution >= 0.6 is 22.9 Å². The summed E-state index contributed by atoms with van der Waals surface area (Å²) in [7, 11) is 0. The van der Waals surface area contributed by atoms with Gasteiger partial charge in [-0.3, -0.25) is 0 Å². The molecule has 3 rings (SSSR count). The molecule has 1 aromatic rings. The van der Waals surface area contributed by atoms with Crippen LogP contribution in [0.1, 0.15) is 30.2 Å². The van der Waals surface area contributed by atoms with Crippen molar-refractivity contribution in [2.75, 3.05) is 0 Å². The quantitative estimate of drug-likeness (QED) is 0.823. The van der Waals surface area contributed by atoms with E-state index >= 15 is 0 Å². The molecule has 2 aliphatic carbocycles. The van der Waals surface area contributed by atoms with Gasteiger partial charge in [0.1, 0.15) is 0 Å². The Hall–Kier alpha value is -0.0500. The van der Waals surface area contributed by atoms with E-state index in [1.165, 1.54) is 24.1 Å². The Balaban J connectivity index is 1.72. The van der Waals surface area contributed by atoms with Gasteiger partial charge in [-0.1, -0.05) is 11.6 Å². The Kier molecular flexibility index (Phi) is 2.12. The maximum absolute atomic E-state index is 6.25. The fraction of sp³-hybridized carbons (Fsp3) is 0.636. The molecule has 14 heavy (non-hydrogen) atoms. The first-order chi connectivity index (χ1) is 6.74.